The number of hydrogen-bond acceptors (Lipinski definition) is 3. The van der Waals surface area contributed by atoms with Crippen molar-refractivity contribution in [1.82, 2.24) is 14.7 Å². The number of fused-ring (bicyclic) bond motifs is 1. The first-order chi connectivity index (χ1) is 8.75. The summed E-state index contributed by atoms with van der Waals surface area (Å²) in [6, 6.07) is 5.97. The van der Waals surface area contributed by atoms with Crippen LogP contribution in [0.1, 0.15) is 31.4 Å². The number of aromatic nitrogens is 2. The minimum atomic E-state index is -0.487. The van der Waals surface area contributed by atoms with Crippen molar-refractivity contribution in [1.29, 1.82) is 0 Å². The van der Waals surface area contributed by atoms with Crippen molar-refractivity contribution in [3.8, 4) is 0 Å². The van der Waals surface area contributed by atoms with E-state index in [1.54, 1.807) is 0 Å². The summed E-state index contributed by atoms with van der Waals surface area (Å²) in [5.74, 6) is 0. The van der Waals surface area contributed by atoms with Gasteiger partial charge in [-0.05, 0) is 25.0 Å². The predicted octanol–water partition coefficient (Wildman–Crippen LogP) is 1.73. The highest BCUT2D eigenvalue weighted by molar-refractivity contribution is 5.39. The minimum Gasteiger partial charge on any atom is -0.389 e. The molecule has 0 radical (unpaired) electrons. The maximum atomic E-state index is 10.2. The van der Waals surface area contributed by atoms with E-state index in [0.717, 1.165) is 37.0 Å². The third-order valence-corrected chi connectivity index (χ3v) is 3.71. The van der Waals surface area contributed by atoms with Gasteiger partial charge < -0.3 is 14.8 Å². The van der Waals surface area contributed by atoms with Crippen molar-refractivity contribution in [2.75, 3.05) is 6.54 Å². The van der Waals surface area contributed by atoms with Crippen LogP contribution < -0.4 is 5.32 Å². The summed E-state index contributed by atoms with van der Waals surface area (Å²) < 4.78 is 2.02. The van der Waals surface area contributed by atoms with Gasteiger partial charge in [0.2, 0.25) is 0 Å². The van der Waals surface area contributed by atoms with E-state index in [2.05, 4.69) is 10.3 Å². The molecule has 0 aromatic carbocycles. The van der Waals surface area contributed by atoms with Crippen LogP contribution in [0.4, 0.5) is 0 Å². The first kappa shape index (κ1) is 11.7. The SMILES string of the molecule is OC1(CNCc2cn3ccccc3n2)CCCC1. The molecule has 0 aliphatic heterocycles. The van der Waals surface area contributed by atoms with E-state index in [1.165, 1.54) is 0 Å². The van der Waals surface area contributed by atoms with Crippen LogP contribution in [0, 0.1) is 0 Å². The number of nitrogens with one attached hydrogen (secondary N) is 1. The molecule has 0 atom stereocenters. The first-order valence-corrected chi connectivity index (χ1v) is 6.61. The highest BCUT2D eigenvalue weighted by atomic mass is 16.3. The summed E-state index contributed by atoms with van der Waals surface area (Å²) in [4.78, 5) is 4.52. The van der Waals surface area contributed by atoms with Gasteiger partial charge >= 0.3 is 0 Å². The van der Waals surface area contributed by atoms with E-state index in [-0.39, 0.29) is 0 Å². The van der Waals surface area contributed by atoms with Crippen molar-refractivity contribution in [3.63, 3.8) is 0 Å². The molecule has 0 amide bonds. The van der Waals surface area contributed by atoms with Crippen molar-refractivity contribution >= 4 is 5.65 Å². The molecule has 1 saturated carbocycles. The van der Waals surface area contributed by atoms with Gasteiger partial charge in [0.25, 0.3) is 0 Å². The minimum absolute atomic E-state index is 0.487. The Bertz CT molecular complexity index is 496. The summed E-state index contributed by atoms with van der Waals surface area (Å²) in [7, 11) is 0. The average molecular weight is 245 g/mol. The average Bonchev–Trinajstić information content (AvgIpc) is 2.95. The molecule has 1 aliphatic rings. The molecule has 0 saturated heterocycles. The van der Waals surface area contributed by atoms with Crippen LogP contribution >= 0.6 is 0 Å². The number of aliphatic hydroxyl groups is 1. The second-order valence-corrected chi connectivity index (χ2v) is 5.23. The van der Waals surface area contributed by atoms with Crippen molar-refractivity contribution in [3.05, 3.63) is 36.3 Å². The molecule has 4 nitrogen and oxygen atoms in total. The van der Waals surface area contributed by atoms with E-state index in [9.17, 15) is 5.11 Å². The fourth-order valence-electron chi connectivity index (χ4n) is 2.71. The lowest BCUT2D eigenvalue weighted by Gasteiger charge is -2.22. The molecule has 2 aromatic rings. The summed E-state index contributed by atoms with van der Waals surface area (Å²) in [5.41, 5.74) is 1.50. The summed E-state index contributed by atoms with van der Waals surface area (Å²) in [5, 5.41) is 13.5. The van der Waals surface area contributed by atoms with E-state index in [0.29, 0.717) is 13.1 Å². The molecule has 1 fully saturated rings. The number of nitrogens with zero attached hydrogens (tertiary/aromatic N) is 2. The Kier molecular flexibility index (Phi) is 3.06. The molecule has 18 heavy (non-hydrogen) atoms. The Labute approximate surface area is 107 Å². The molecular weight excluding hydrogens is 226 g/mol. The Morgan fingerprint density at radius 1 is 1.33 bits per heavy atom. The molecule has 2 heterocycles. The van der Waals surface area contributed by atoms with Crippen LogP contribution in [0.15, 0.2) is 30.6 Å². The van der Waals surface area contributed by atoms with Crippen LogP contribution in [0.5, 0.6) is 0 Å². The topological polar surface area (TPSA) is 49.6 Å². The lowest BCUT2D eigenvalue weighted by atomic mass is 10.0. The summed E-state index contributed by atoms with van der Waals surface area (Å²) in [6.45, 7) is 1.38. The quantitative estimate of drug-likeness (QED) is 0.862. The maximum Gasteiger partial charge on any atom is 0.137 e. The van der Waals surface area contributed by atoms with E-state index in [4.69, 9.17) is 0 Å². The molecule has 0 bridgehead atoms. The summed E-state index contributed by atoms with van der Waals surface area (Å²) >= 11 is 0. The third-order valence-electron chi connectivity index (χ3n) is 3.71. The van der Waals surface area contributed by atoms with Gasteiger partial charge in [-0.15, -0.1) is 0 Å². The van der Waals surface area contributed by atoms with Crippen LogP contribution in [-0.4, -0.2) is 26.6 Å². The lowest BCUT2D eigenvalue weighted by molar-refractivity contribution is 0.0474. The van der Waals surface area contributed by atoms with Gasteiger partial charge in [0, 0.05) is 25.5 Å². The Morgan fingerprint density at radius 2 is 2.17 bits per heavy atom. The smallest absolute Gasteiger partial charge is 0.137 e. The molecule has 0 unspecified atom stereocenters. The van der Waals surface area contributed by atoms with Gasteiger partial charge in [-0.3, -0.25) is 0 Å². The monoisotopic (exact) mass is 245 g/mol. The number of rotatable bonds is 4. The molecule has 1 aliphatic carbocycles. The molecule has 2 N–H and O–H groups in total. The summed E-state index contributed by atoms with van der Waals surface area (Å²) in [6.07, 6.45) is 8.16. The van der Waals surface area contributed by atoms with Gasteiger partial charge in [0.1, 0.15) is 5.65 Å². The molecule has 3 rings (SSSR count). The lowest BCUT2D eigenvalue weighted by Crippen LogP contribution is -2.37. The largest absolute Gasteiger partial charge is 0.389 e. The maximum absolute atomic E-state index is 10.2. The number of imidazole rings is 1. The first-order valence-electron chi connectivity index (χ1n) is 6.61. The second-order valence-electron chi connectivity index (χ2n) is 5.23. The zero-order valence-electron chi connectivity index (χ0n) is 10.5. The van der Waals surface area contributed by atoms with Crippen LogP contribution in [0.2, 0.25) is 0 Å². The second kappa shape index (κ2) is 4.71. The van der Waals surface area contributed by atoms with Crippen molar-refractivity contribution in [2.45, 2.75) is 37.8 Å². The molecule has 4 heteroatoms. The van der Waals surface area contributed by atoms with Crippen LogP contribution in [-0.2, 0) is 6.54 Å². The molecule has 0 spiro atoms. The fraction of sp³-hybridized carbons (Fsp3) is 0.500. The standard InChI is InChI=1S/C14H19N3O/c18-14(6-2-3-7-14)11-15-9-12-10-17-8-4-1-5-13(17)16-12/h1,4-5,8,10,15,18H,2-3,6-7,9,11H2. The van der Waals surface area contributed by atoms with Gasteiger partial charge in [-0.2, -0.15) is 0 Å². The molecule has 2 aromatic heterocycles. The Hall–Kier alpha value is -1.39. The number of pyridine rings is 1. The third kappa shape index (κ3) is 2.40. The fourth-order valence-corrected chi connectivity index (χ4v) is 2.71. The van der Waals surface area contributed by atoms with Gasteiger partial charge in [-0.25, -0.2) is 4.98 Å². The normalized spacial score (nSPS) is 18.5. The van der Waals surface area contributed by atoms with E-state index in [1.807, 2.05) is 35.0 Å². The highest BCUT2D eigenvalue weighted by Gasteiger charge is 2.30. The van der Waals surface area contributed by atoms with Crippen molar-refractivity contribution < 1.29 is 5.11 Å². The Morgan fingerprint density at radius 3 is 2.94 bits per heavy atom. The van der Waals surface area contributed by atoms with Crippen molar-refractivity contribution in [2.24, 2.45) is 0 Å². The number of hydrogen-bond donors (Lipinski definition) is 2. The molecule has 96 valence electrons. The van der Waals surface area contributed by atoms with Gasteiger partial charge in [0.15, 0.2) is 0 Å². The van der Waals surface area contributed by atoms with Crippen LogP contribution in [0.25, 0.3) is 5.65 Å². The molecular formula is C14H19N3O. The Balaban J connectivity index is 1.59. The van der Waals surface area contributed by atoms with E-state index >= 15 is 0 Å². The predicted molar refractivity (Wildman–Crippen MR) is 70.3 cm³/mol. The van der Waals surface area contributed by atoms with Gasteiger partial charge in [-0.1, -0.05) is 18.9 Å². The zero-order valence-corrected chi connectivity index (χ0v) is 10.5. The van der Waals surface area contributed by atoms with E-state index < -0.39 is 5.60 Å². The zero-order chi connectivity index (χ0) is 12.4. The van der Waals surface area contributed by atoms with Gasteiger partial charge in [0.05, 0.1) is 11.3 Å². The van der Waals surface area contributed by atoms with Crippen LogP contribution in [0.3, 0.4) is 0 Å². The highest BCUT2D eigenvalue weighted by Crippen LogP contribution is 2.28.